The summed E-state index contributed by atoms with van der Waals surface area (Å²) in [6, 6.07) is 13.5. The standard InChI is InChI=1S/C22H19FN4O3/c1-15-3-2-4-16(11-15)21-20(24-14-30-21)22(28)26-18-12-25-27(13-18)9-10-29-19-7-5-17(23)6-8-19/h2-8,11-14H,9-10H2,1H3,(H,26,28). The highest BCUT2D eigenvalue weighted by atomic mass is 19.1. The molecule has 152 valence electrons. The van der Waals surface area contributed by atoms with Crippen molar-refractivity contribution in [3.8, 4) is 17.1 Å². The predicted octanol–water partition coefficient (Wildman–Crippen LogP) is 4.32. The first-order chi connectivity index (χ1) is 14.6. The summed E-state index contributed by atoms with van der Waals surface area (Å²) in [6.45, 7) is 2.78. The van der Waals surface area contributed by atoms with E-state index >= 15 is 0 Å². The number of hydrogen-bond donors (Lipinski definition) is 1. The Morgan fingerprint density at radius 1 is 1.23 bits per heavy atom. The highest BCUT2D eigenvalue weighted by Gasteiger charge is 2.19. The van der Waals surface area contributed by atoms with Gasteiger partial charge in [-0.3, -0.25) is 9.48 Å². The molecule has 0 spiro atoms. The summed E-state index contributed by atoms with van der Waals surface area (Å²) in [4.78, 5) is 16.7. The summed E-state index contributed by atoms with van der Waals surface area (Å²) < 4.78 is 25.5. The van der Waals surface area contributed by atoms with Gasteiger partial charge in [0.2, 0.25) is 0 Å². The Balaban J connectivity index is 1.36. The molecule has 1 N–H and O–H groups in total. The number of aromatic nitrogens is 3. The van der Waals surface area contributed by atoms with Crippen molar-refractivity contribution in [2.75, 3.05) is 11.9 Å². The van der Waals surface area contributed by atoms with Gasteiger partial charge >= 0.3 is 0 Å². The van der Waals surface area contributed by atoms with Gasteiger partial charge in [-0.15, -0.1) is 0 Å². The normalized spacial score (nSPS) is 10.7. The van der Waals surface area contributed by atoms with Gasteiger partial charge in [-0.2, -0.15) is 5.10 Å². The van der Waals surface area contributed by atoms with E-state index in [1.54, 1.807) is 29.2 Å². The van der Waals surface area contributed by atoms with E-state index in [0.717, 1.165) is 11.1 Å². The molecule has 0 atom stereocenters. The molecule has 0 bridgehead atoms. The third kappa shape index (κ3) is 4.54. The van der Waals surface area contributed by atoms with Crippen LogP contribution in [0.3, 0.4) is 0 Å². The minimum Gasteiger partial charge on any atom is -0.492 e. The van der Waals surface area contributed by atoms with Crippen molar-refractivity contribution < 1.29 is 18.3 Å². The Kier molecular flexibility index (Phi) is 5.56. The van der Waals surface area contributed by atoms with Crippen molar-refractivity contribution in [3.63, 3.8) is 0 Å². The molecule has 0 aliphatic carbocycles. The molecule has 0 aliphatic rings. The van der Waals surface area contributed by atoms with E-state index in [9.17, 15) is 9.18 Å². The van der Waals surface area contributed by atoms with Crippen molar-refractivity contribution >= 4 is 11.6 Å². The van der Waals surface area contributed by atoms with Gasteiger partial charge in [0, 0.05) is 11.8 Å². The second-order valence-corrected chi connectivity index (χ2v) is 6.65. The zero-order chi connectivity index (χ0) is 20.9. The third-order valence-electron chi connectivity index (χ3n) is 4.36. The van der Waals surface area contributed by atoms with Crippen molar-refractivity contribution in [1.82, 2.24) is 14.8 Å². The number of oxazole rings is 1. The van der Waals surface area contributed by atoms with Crippen LogP contribution in [0.2, 0.25) is 0 Å². The lowest BCUT2D eigenvalue weighted by molar-refractivity contribution is 0.102. The average Bonchev–Trinajstić information content (AvgIpc) is 3.39. The number of anilines is 1. The fourth-order valence-corrected chi connectivity index (χ4v) is 2.93. The number of amides is 1. The van der Waals surface area contributed by atoms with E-state index in [4.69, 9.17) is 9.15 Å². The topological polar surface area (TPSA) is 82.2 Å². The molecule has 2 aromatic heterocycles. The van der Waals surface area contributed by atoms with Crippen LogP contribution in [0, 0.1) is 12.7 Å². The van der Waals surface area contributed by atoms with Gasteiger partial charge in [0.15, 0.2) is 17.8 Å². The molecular weight excluding hydrogens is 387 g/mol. The molecule has 0 radical (unpaired) electrons. The molecule has 0 saturated heterocycles. The number of ether oxygens (including phenoxy) is 1. The molecule has 8 heteroatoms. The molecule has 4 aromatic rings. The van der Waals surface area contributed by atoms with Crippen LogP contribution in [0.1, 0.15) is 16.1 Å². The van der Waals surface area contributed by atoms with E-state index < -0.39 is 0 Å². The van der Waals surface area contributed by atoms with Crippen LogP contribution in [0.4, 0.5) is 10.1 Å². The van der Waals surface area contributed by atoms with Gasteiger partial charge < -0.3 is 14.5 Å². The number of aryl methyl sites for hydroxylation is 1. The molecule has 1 amide bonds. The Morgan fingerprint density at radius 3 is 2.87 bits per heavy atom. The van der Waals surface area contributed by atoms with Gasteiger partial charge in [-0.1, -0.05) is 23.8 Å². The van der Waals surface area contributed by atoms with E-state index in [0.29, 0.717) is 30.3 Å². The number of nitrogens with zero attached hydrogens (tertiary/aromatic N) is 3. The zero-order valence-corrected chi connectivity index (χ0v) is 16.2. The molecule has 0 aliphatic heterocycles. The highest BCUT2D eigenvalue weighted by Crippen LogP contribution is 2.24. The molecule has 0 fully saturated rings. The fourth-order valence-electron chi connectivity index (χ4n) is 2.93. The number of hydrogen-bond acceptors (Lipinski definition) is 5. The molecule has 4 rings (SSSR count). The molecular formula is C22H19FN4O3. The number of benzene rings is 2. The summed E-state index contributed by atoms with van der Waals surface area (Å²) in [5.41, 5.74) is 2.57. The molecule has 2 heterocycles. The van der Waals surface area contributed by atoms with Crippen LogP contribution in [0.15, 0.2) is 71.7 Å². The minimum absolute atomic E-state index is 0.202. The number of carbonyl (C=O) groups is 1. The lowest BCUT2D eigenvalue weighted by Crippen LogP contribution is -2.13. The molecule has 0 saturated carbocycles. The lowest BCUT2D eigenvalue weighted by atomic mass is 10.1. The molecule has 0 unspecified atom stereocenters. The number of carbonyl (C=O) groups excluding carboxylic acids is 1. The summed E-state index contributed by atoms with van der Waals surface area (Å²) in [7, 11) is 0. The summed E-state index contributed by atoms with van der Waals surface area (Å²) >= 11 is 0. The predicted molar refractivity (Wildman–Crippen MR) is 109 cm³/mol. The van der Waals surface area contributed by atoms with Gasteiger partial charge in [0.25, 0.3) is 5.91 Å². The Morgan fingerprint density at radius 2 is 2.07 bits per heavy atom. The number of halogens is 1. The second kappa shape index (κ2) is 8.60. The summed E-state index contributed by atoms with van der Waals surface area (Å²) in [6.07, 6.45) is 4.49. The van der Waals surface area contributed by atoms with Crippen LogP contribution in [-0.2, 0) is 6.54 Å². The van der Waals surface area contributed by atoms with Crippen LogP contribution >= 0.6 is 0 Å². The average molecular weight is 406 g/mol. The van der Waals surface area contributed by atoms with Crippen molar-refractivity contribution in [1.29, 1.82) is 0 Å². The van der Waals surface area contributed by atoms with E-state index in [2.05, 4.69) is 15.4 Å². The number of nitrogens with one attached hydrogen (secondary N) is 1. The Bertz CT molecular complexity index is 1150. The van der Waals surface area contributed by atoms with Crippen LogP contribution in [0.5, 0.6) is 5.75 Å². The maximum atomic E-state index is 12.9. The Labute approximate surface area is 172 Å². The SMILES string of the molecule is Cc1cccc(-c2ocnc2C(=O)Nc2cnn(CCOc3ccc(F)cc3)c2)c1. The van der Waals surface area contributed by atoms with Crippen LogP contribution in [-0.4, -0.2) is 27.3 Å². The second-order valence-electron chi connectivity index (χ2n) is 6.65. The lowest BCUT2D eigenvalue weighted by Gasteiger charge is -2.06. The number of rotatable bonds is 7. The summed E-state index contributed by atoms with van der Waals surface area (Å²) in [5, 5.41) is 6.98. The van der Waals surface area contributed by atoms with Crippen molar-refractivity contribution in [2.24, 2.45) is 0 Å². The quantitative estimate of drug-likeness (QED) is 0.494. The van der Waals surface area contributed by atoms with E-state index in [1.807, 2.05) is 31.2 Å². The van der Waals surface area contributed by atoms with Gasteiger partial charge in [-0.25, -0.2) is 9.37 Å². The monoisotopic (exact) mass is 406 g/mol. The van der Waals surface area contributed by atoms with Gasteiger partial charge in [0.05, 0.1) is 18.4 Å². The molecule has 7 nitrogen and oxygen atoms in total. The van der Waals surface area contributed by atoms with Gasteiger partial charge in [0.1, 0.15) is 18.2 Å². The molecule has 30 heavy (non-hydrogen) atoms. The largest absolute Gasteiger partial charge is 0.492 e. The van der Waals surface area contributed by atoms with Gasteiger partial charge in [-0.05, 0) is 37.3 Å². The first kappa shape index (κ1) is 19.4. The Hall–Kier alpha value is -3.94. The maximum absolute atomic E-state index is 12.9. The first-order valence-electron chi connectivity index (χ1n) is 9.31. The van der Waals surface area contributed by atoms with Crippen molar-refractivity contribution in [2.45, 2.75) is 13.5 Å². The van der Waals surface area contributed by atoms with Crippen LogP contribution in [0.25, 0.3) is 11.3 Å². The zero-order valence-electron chi connectivity index (χ0n) is 16.2. The molecule has 2 aromatic carbocycles. The third-order valence-corrected chi connectivity index (χ3v) is 4.36. The fraction of sp³-hybridized carbons (Fsp3) is 0.136. The smallest absolute Gasteiger partial charge is 0.278 e. The van der Waals surface area contributed by atoms with Crippen molar-refractivity contribution in [3.05, 3.63) is 84.4 Å². The van der Waals surface area contributed by atoms with E-state index in [1.165, 1.54) is 18.5 Å². The van der Waals surface area contributed by atoms with E-state index in [-0.39, 0.29) is 17.4 Å². The van der Waals surface area contributed by atoms with Crippen LogP contribution < -0.4 is 10.1 Å². The first-order valence-corrected chi connectivity index (χ1v) is 9.31. The highest BCUT2D eigenvalue weighted by molar-refractivity contribution is 6.06. The summed E-state index contributed by atoms with van der Waals surface area (Å²) in [5.74, 6) is 0.290. The maximum Gasteiger partial charge on any atom is 0.278 e. The minimum atomic E-state index is -0.387.